The van der Waals surface area contributed by atoms with Gasteiger partial charge in [-0.3, -0.25) is 9.59 Å². The Kier molecular flexibility index (Phi) is 16.6. The van der Waals surface area contributed by atoms with Crippen LogP contribution < -0.4 is 0 Å². The number of aliphatic hydroxyl groups excluding tert-OH is 1. The van der Waals surface area contributed by atoms with Crippen LogP contribution in [0.25, 0.3) is 0 Å². The van der Waals surface area contributed by atoms with E-state index in [0.29, 0.717) is 17.7 Å². The number of likely N-dealkylation sites (N-methyl/N-ethyl adjacent to an activating group) is 1. The zero-order valence-electron chi connectivity index (χ0n) is 37.8. The molecule has 0 radical (unpaired) electrons. The van der Waals surface area contributed by atoms with E-state index in [0.717, 1.165) is 0 Å². The van der Waals surface area contributed by atoms with Gasteiger partial charge in [-0.1, -0.05) is 39.4 Å². The standard InChI is InChI=1S/C43H74N2O14/c1-16-31-43(12,49)38-25(5)33(44-50)23(3)18-42(11,53-21-22(2)20-52-38)37(59-40-35(56-29(9)46)30(45(13)14)17-24(4)54-40)26(6)34(27(7)39(48)57-31)58-32-19-41(10,51-15)36(47)28(8)55-32/h23-28,30-32,34-38,40,47,49-50H,2,16-21H2,1,3-15H3/b44-33-/t23-,24-,25+,26+,27-,28+,30+,31?,32-,34+,35-,36+,37-,38-,40+,41-,42-,43-/m1/s1. The molecule has 59 heavy (non-hydrogen) atoms. The van der Waals surface area contributed by atoms with Gasteiger partial charge in [-0.15, -0.1) is 0 Å². The lowest BCUT2D eigenvalue weighted by molar-refractivity contribution is -0.321. The summed E-state index contributed by atoms with van der Waals surface area (Å²) in [6.07, 6.45) is -7.84. The smallest absolute Gasteiger partial charge is 0.311 e. The van der Waals surface area contributed by atoms with Crippen LogP contribution in [0.3, 0.4) is 0 Å². The monoisotopic (exact) mass is 843 g/mol. The summed E-state index contributed by atoms with van der Waals surface area (Å²) in [4.78, 5) is 29.2. The minimum absolute atomic E-state index is 0.0152. The van der Waals surface area contributed by atoms with Crippen LogP contribution in [0, 0.1) is 23.7 Å². The molecule has 0 amide bonds. The number of methoxy groups -OCH3 is 1. The topological polar surface area (TPSA) is 193 Å². The molecule has 4 aliphatic heterocycles. The minimum atomic E-state index is -1.77. The highest BCUT2D eigenvalue weighted by Gasteiger charge is 2.55. The van der Waals surface area contributed by atoms with Crippen LogP contribution in [0.5, 0.6) is 0 Å². The van der Waals surface area contributed by atoms with Gasteiger partial charge in [0.05, 0.1) is 72.6 Å². The van der Waals surface area contributed by atoms with Gasteiger partial charge in [-0.2, -0.15) is 0 Å². The molecular weight excluding hydrogens is 768 g/mol. The highest BCUT2D eigenvalue weighted by molar-refractivity contribution is 5.88. The Hall–Kier alpha value is -2.25. The lowest BCUT2D eigenvalue weighted by Crippen LogP contribution is -2.62. The van der Waals surface area contributed by atoms with E-state index in [4.69, 9.17) is 42.6 Å². The first-order valence-corrected chi connectivity index (χ1v) is 21.2. The molecule has 4 fully saturated rings. The van der Waals surface area contributed by atoms with Crippen molar-refractivity contribution in [2.24, 2.45) is 28.8 Å². The second kappa shape index (κ2) is 19.9. The number of aliphatic hydroxyl groups is 2. The largest absolute Gasteiger partial charge is 0.459 e. The average Bonchev–Trinajstić information content (AvgIpc) is 3.17. The first-order valence-electron chi connectivity index (χ1n) is 21.2. The second-order valence-electron chi connectivity index (χ2n) is 18.5. The Labute approximate surface area is 351 Å². The van der Waals surface area contributed by atoms with Crippen LogP contribution in [0.2, 0.25) is 0 Å². The summed E-state index contributed by atoms with van der Waals surface area (Å²) in [6.45, 7) is 23.6. The number of hydrogen-bond acceptors (Lipinski definition) is 16. The number of carbonyl (C=O) groups is 2. The van der Waals surface area contributed by atoms with Crippen molar-refractivity contribution in [3.63, 3.8) is 0 Å². The predicted octanol–water partition coefficient (Wildman–Crippen LogP) is 4.24. The maximum Gasteiger partial charge on any atom is 0.311 e. The van der Waals surface area contributed by atoms with Crippen LogP contribution in [0.15, 0.2) is 17.3 Å². The lowest BCUT2D eigenvalue weighted by atomic mass is 9.73. The summed E-state index contributed by atoms with van der Waals surface area (Å²) in [5.41, 5.74) is -3.20. The second-order valence-corrected chi connectivity index (χ2v) is 18.5. The molecule has 4 rings (SSSR count). The number of carbonyl (C=O) groups excluding carboxylic acids is 2. The molecule has 3 N–H and O–H groups in total. The Morgan fingerprint density at radius 1 is 1.00 bits per heavy atom. The van der Waals surface area contributed by atoms with Gasteiger partial charge in [0, 0.05) is 38.2 Å². The number of ether oxygens (including phenoxy) is 9. The zero-order chi connectivity index (χ0) is 44.4. The lowest BCUT2D eigenvalue weighted by Gasteiger charge is -2.50. The van der Waals surface area contributed by atoms with Crippen molar-refractivity contribution in [1.29, 1.82) is 0 Å². The van der Waals surface area contributed by atoms with E-state index in [1.54, 1.807) is 34.6 Å². The number of rotatable bonds is 8. The van der Waals surface area contributed by atoms with E-state index in [9.17, 15) is 25.0 Å². The minimum Gasteiger partial charge on any atom is -0.459 e. The van der Waals surface area contributed by atoms with Crippen molar-refractivity contribution in [2.45, 2.75) is 186 Å². The van der Waals surface area contributed by atoms with Gasteiger partial charge in [0.15, 0.2) is 18.7 Å². The maximum atomic E-state index is 14.6. The summed E-state index contributed by atoms with van der Waals surface area (Å²) in [5.74, 6) is -4.08. The predicted molar refractivity (Wildman–Crippen MR) is 217 cm³/mol. The molecule has 0 aromatic heterocycles. The van der Waals surface area contributed by atoms with E-state index in [1.807, 2.05) is 53.6 Å². The van der Waals surface area contributed by atoms with Crippen LogP contribution in [-0.2, 0) is 52.2 Å². The van der Waals surface area contributed by atoms with E-state index < -0.39 is 108 Å². The van der Waals surface area contributed by atoms with Gasteiger partial charge in [0.1, 0.15) is 17.8 Å². The molecule has 4 aliphatic rings. The molecule has 4 heterocycles. The number of hydrogen-bond donors (Lipinski definition) is 3. The van der Waals surface area contributed by atoms with Gasteiger partial charge >= 0.3 is 11.9 Å². The normalized spacial score (nSPS) is 46.5. The quantitative estimate of drug-likeness (QED) is 0.136. The van der Waals surface area contributed by atoms with Gasteiger partial charge < -0.3 is 63.0 Å². The third-order valence-corrected chi connectivity index (χ3v) is 13.3. The molecule has 16 heteroatoms. The maximum absolute atomic E-state index is 14.6. The third kappa shape index (κ3) is 10.9. The fourth-order valence-electron chi connectivity index (χ4n) is 9.84. The third-order valence-electron chi connectivity index (χ3n) is 13.3. The molecule has 0 saturated carbocycles. The van der Waals surface area contributed by atoms with Crippen molar-refractivity contribution >= 4 is 17.7 Å². The van der Waals surface area contributed by atoms with Crippen molar-refractivity contribution in [3.8, 4) is 0 Å². The van der Waals surface area contributed by atoms with Gasteiger partial charge in [-0.05, 0) is 80.5 Å². The van der Waals surface area contributed by atoms with Crippen molar-refractivity contribution < 1.29 is 67.6 Å². The molecule has 340 valence electrons. The van der Waals surface area contributed by atoms with Crippen LogP contribution in [0.1, 0.15) is 102 Å². The molecule has 16 nitrogen and oxygen atoms in total. The molecule has 0 aromatic rings. The first-order chi connectivity index (χ1) is 27.4. The van der Waals surface area contributed by atoms with E-state index >= 15 is 0 Å². The highest BCUT2D eigenvalue weighted by atomic mass is 16.7. The average molecular weight is 843 g/mol. The number of oxime groups is 1. The Bertz CT molecular complexity index is 1480. The molecule has 0 aromatic carbocycles. The molecule has 2 bridgehead atoms. The number of nitrogens with zero attached hydrogens (tertiary/aromatic N) is 2. The van der Waals surface area contributed by atoms with Crippen molar-refractivity contribution in [3.05, 3.63) is 12.2 Å². The van der Waals surface area contributed by atoms with Gasteiger partial charge in [0.25, 0.3) is 0 Å². The van der Waals surface area contributed by atoms with Crippen LogP contribution >= 0.6 is 0 Å². The van der Waals surface area contributed by atoms with Gasteiger partial charge in [0.2, 0.25) is 0 Å². The first kappa shape index (κ1) is 49.4. The van der Waals surface area contributed by atoms with E-state index in [-0.39, 0.29) is 44.6 Å². The molecule has 0 spiro atoms. The molecular formula is C43H74N2O14. The van der Waals surface area contributed by atoms with Crippen molar-refractivity contribution in [1.82, 2.24) is 4.90 Å². The molecule has 0 aliphatic carbocycles. The number of esters is 2. The Morgan fingerprint density at radius 3 is 2.24 bits per heavy atom. The number of fused-ring (bicyclic) bond motifs is 5. The highest BCUT2D eigenvalue weighted by Crippen LogP contribution is 2.43. The fraction of sp³-hybridized carbons (Fsp3) is 0.884. The molecule has 1 unspecified atom stereocenters. The summed E-state index contributed by atoms with van der Waals surface area (Å²) in [5, 5.41) is 37.9. The Morgan fingerprint density at radius 2 is 1.66 bits per heavy atom. The number of cyclic esters (lactones) is 1. The summed E-state index contributed by atoms with van der Waals surface area (Å²) >= 11 is 0. The zero-order valence-corrected chi connectivity index (χ0v) is 37.8. The van der Waals surface area contributed by atoms with E-state index in [2.05, 4.69) is 11.7 Å². The van der Waals surface area contributed by atoms with Crippen molar-refractivity contribution in [2.75, 3.05) is 34.4 Å². The summed E-state index contributed by atoms with van der Waals surface area (Å²) in [6, 6.07) is -0.278. The van der Waals surface area contributed by atoms with Crippen LogP contribution in [0.4, 0.5) is 0 Å². The van der Waals surface area contributed by atoms with Gasteiger partial charge in [-0.25, -0.2) is 0 Å². The van der Waals surface area contributed by atoms with E-state index in [1.165, 1.54) is 14.0 Å². The Balaban J connectivity index is 2.00. The van der Waals surface area contributed by atoms with Crippen LogP contribution in [-0.4, -0.2) is 157 Å². The summed E-state index contributed by atoms with van der Waals surface area (Å²) in [7, 11) is 5.33. The fourth-order valence-corrected chi connectivity index (χ4v) is 9.84. The SMILES string of the molecule is C=C1CO[C@@H]2[C@@H](C)/C(=N\O)[C@H](C)C[C@@](C)(OC1)[C@H](O[C@@H]1O[C@H](C)C[C@H](N(C)C)[C@H]1OC(C)=O)[C@@H](C)[C@H](O[C@@H]1C[C@@](C)(OC)[C@@H](O)[C@H](C)O1)[C@@H](C)C(=O)OC(CC)[C@@]2(C)O. The molecule has 4 saturated heterocycles. The molecule has 18 atom stereocenters. The summed E-state index contributed by atoms with van der Waals surface area (Å²) < 4.78 is 58.2.